The molecule has 1 amide bonds. The fraction of sp³-hybridized carbons (Fsp3) is 0.364. The van der Waals surface area contributed by atoms with Gasteiger partial charge in [-0.15, -0.1) is 0 Å². The van der Waals surface area contributed by atoms with Gasteiger partial charge in [0.05, 0.1) is 0 Å². The lowest BCUT2D eigenvalue weighted by Crippen LogP contribution is -2.42. The molecule has 0 saturated carbocycles. The summed E-state index contributed by atoms with van der Waals surface area (Å²) in [6.07, 6.45) is 1.62. The summed E-state index contributed by atoms with van der Waals surface area (Å²) >= 11 is 5.89. The molecule has 1 unspecified atom stereocenters. The normalized spacial score (nSPS) is 19.6. The van der Waals surface area contributed by atoms with Gasteiger partial charge in [-0.25, -0.2) is 0 Å². The minimum absolute atomic E-state index is 0.0219. The van der Waals surface area contributed by atoms with Crippen molar-refractivity contribution in [2.75, 3.05) is 6.54 Å². The second-order valence-electron chi connectivity index (χ2n) is 3.75. The number of halogens is 1. The van der Waals surface area contributed by atoms with Crippen LogP contribution in [0.1, 0.15) is 22.3 Å². The Kier molecular flexibility index (Phi) is 2.93. The minimum atomic E-state index is -0.0219. The maximum Gasteiger partial charge on any atom is 0.251 e. The molecule has 0 radical (unpaired) electrons. The van der Waals surface area contributed by atoms with Gasteiger partial charge >= 0.3 is 0 Å². The fourth-order valence-electron chi connectivity index (χ4n) is 1.91. The maximum atomic E-state index is 11.7. The van der Waals surface area contributed by atoms with Crippen LogP contribution in [0.3, 0.4) is 0 Å². The Labute approximate surface area is 93.6 Å². The number of carbonyl (C=O) groups excluding carboxylic acids is 1. The molecule has 2 rings (SSSR count). The van der Waals surface area contributed by atoms with Crippen molar-refractivity contribution < 1.29 is 4.79 Å². The number of carbonyl (C=O) groups is 1. The topological polar surface area (TPSA) is 55.1 Å². The van der Waals surface area contributed by atoms with Crippen LogP contribution in [0.4, 0.5) is 0 Å². The lowest BCUT2D eigenvalue weighted by Gasteiger charge is -2.25. The minimum Gasteiger partial charge on any atom is -0.349 e. The molecule has 0 spiro atoms. The van der Waals surface area contributed by atoms with E-state index in [1.54, 1.807) is 12.1 Å². The van der Waals surface area contributed by atoms with E-state index in [-0.39, 0.29) is 11.9 Å². The summed E-state index contributed by atoms with van der Waals surface area (Å²) in [5.74, 6) is -0.0219. The van der Waals surface area contributed by atoms with Crippen molar-refractivity contribution in [3.05, 3.63) is 34.3 Å². The molecule has 0 aliphatic carbocycles. The smallest absolute Gasteiger partial charge is 0.251 e. The molecule has 4 heteroatoms. The molecule has 0 saturated heterocycles. The van der Waals surface area contributed by atoms with Gasteiger partial charge in [0.15, 0.2) is 0 Å². The SMILES string of the molecule is NCCC1Cc2cc(Cl)ccc2C(=O)N1. The third-order valence-corrected chi connectivity index (χ3v) is 2.86. The highest BCUT2D eigenvalue weighted by molar-refractivity contribution is 6.30. The first-order valence-electron chi connectivity index (χ1n) is 5.00. The molecule has 1 aromatic rings. The number of hydrogen-bond donors (Lipinski definition) is 2. The van der Waals surface area contributed by atoms with Crippen LogP contribution in [0, 0.1) is 0 Å². The van der Waals surface area contributed by atoms with Crippen LogP contribution in [0.2, 0.25) is 5.02 Å². The van der Waals surface area contributed by atoms with E-state index in [0.717, 1.165) is 24.0 Å². The summed E-state index contributed by atoms with van der Waals surface area (Å²) in [4.78, 5) is 11.7. The van der Waals surface area contributed by atoms with Gasteiger partial charge in [0.1, 0.15) is 0 Å². The maximum absolute atomic E-state index is 11.7. The Bertz CT molecular complexity index is 392. The summed E-state index contributed by atoms with van der Waals surface area (Å²) in [5, 5.41) is 3.61. The Morgan fingerprint density at radius 2 is 2.33 bits per heavy atom. The Morgan fingerprint density at radius 1 is 1.53 bits per heavy atom. The Morgan fingerprint density at radius 3 is 3.07 bits per heavy atom. The van der Waals surface area contributed by atoms with Crippen LogP contribution in [-0.2, 0) is 6.42 Å². The second-order valence-corrected chi connectivity index (χ2v) is 4.19. The largest absolute Gasteiger partial charge is 0.349 e. The van der Waals surface area contributed by atoms with Crippen LogP contribution in [0.25, 0.3) is 0 Å². The Hall–Kier alpha value is -1.06. The standard InChI is InChI=1S/C11H13ClN2O/c12-8-1-2-10-7(5-8)6-9(3-4-13)14-11(10)15/h1-2,5,9H,3-4,6,13H2,(H,14,15). The average Bonchev–Trinajstić information content (AvgIpc) is 2.17. The van der Waals surface area contributed by atoms with E-state index in [1.807, 2.05) is 6.07 Å². The first-order chi connectivity index (χ1) is 7.20. The van der Waals surface area contributed by atoms with E-state index in [9.17, 15) is 4.79 Å². The molecule has 3 nitrogen and oxygen atoms in total. The quantitative estimate of drug-likeness (QED) is 0.797. The fourth-order valence-corrected chi connectivity index (χ4v) is 2.10. The molecule has 1 aliphatic rings. The molecule has 1 aromatic carbocycles. The van der Waals surface area contributed by atoms with Gasteiger partial charge in [0.2, 0.25) is 0 Å². The number of nitrogens with two attached hydrogens (primary N) is 1. The molecule has 1 atom stereocenters. The summed E-state index contributed by atoms with van der Waals surface area (Å²) in [7, 11) is 0. The van der Waals surface area contributed by atoms with E-state index < -0.39 is 0 Å². The number of fused-ring (bicyclic) bond motifs is 1. The third kappa shape index (κ3) is 2.13. The van der Waals surface area contributed by atoms with Gasteiger partial charge < -0.3 is 11.1 Å². The van der Waals surface area contributed by atoms with Gasteiger partial charge in [-0.2, -0.15) is 0 Å². The molecule has 1 heterocycles. The van der Waals surface area contributed by atoms with Crippen LogP contribution >= 0.6 is 11.6 Å². The summed E-state index contributed by atoms with van der Waals surface area (Å²) < 4.78 is 0. The number of benzene rings is 1. The van der Waals surface area contributed by atoms with Crippen LogP contribution in [0.15, 0.2) is 18.2 Å². The summed E-state index contributed by atoms with van der Waals surface area (Å²) in [5.41, 5.74) is 7.22. The highest BCUT2D eigenvalue weighted by atomic mass is 35.5. The summed E-state index contributed by atoms with van der Waals surface area (Å²) in [6.45, 7) is 0.584. The summed E-state index contributed by atoms with van der Waals surface area (Å²) in [6, 6.07) is 5.52. The third-order valence-electron chi connectivity index (χ3n) is 2.63. The van der Waals surface area contributed by atoms with Gasteiger partial charge in [-0.05, 0) is 43.1 Å². The van der Waals surface area contributed by atoms with Crippen molar-refractivity contribution in [3.8, 4) is 0 Å². The number of amides is 1. The van der Waals surface area contributed by atoms with Gasteiger partial charge in [0.25, 0.3) is 5.91 Å². The van der Waals surface area contributed by atoms with Crippen molar-refractivity contribution >= 4 is 17.5 Å². The number of nitrogens with one attached hydrogen (secondary N) is 1. The van der Waals surface area contributed by atoms with Crippen molar-refractivity contribution in [3.63, 3.8) is 0 Å². The van der Waals surface area contributed by atoms with Crippen molar-refractivity contribution in [2.45, 2.75) is 18.9 Å². The highest BCUT2D eigenvalue weighted by Gasteiger charge is 2.23. The Balaban J connectivity index is 2.29. The average molecular weight is 225 g/mol. The highest BCUT2D eigenvalue weighted by Crippen LogP contribution is 2.21. The van der Waals surface area contributed by atoms with Gasteiger partial charge in [-0.3, -0.25) is 4.79 Å². The lowest BCUT2D eigenvalue weighted by molar-refractivity contribution is 0.0923. The molecular weight excluding hydrogens is 212 g/mol. The van der Waals surface area contributed by atoms with Crippen molar-refractivity contribution in [1.29, 1.82) is 0 Å². The van der Waals surface area contributed by atoms with E-state index in [4.69, 9.17) is 17.3 Å². The molecule has 15 heavy (non-hydrogen) atoms. The monoisotopic (exact) mass is 224 g/mol. The van der Waals surface area contributed by atoms with E-state index in [1.165, 1.54) is 0 Å². The van der Waals surface area contributed by atoms with Crippen molar-refractivity contribution in [2.24, 2.45) is 5.73 Å². The molecule has 0 bridgehead atoms. The molecule has 0 fully saturated rings. The van der Waals surface area contributed by atoms with Crippen LogP contribution in [0.5, 0.6) is 0 Å². The first-order valence-corrected chi connectivity index (χ1v) is 5.38. The van der Waals surface area contributed by atoms with Crippen LogP contribution < -0.4 is 11.1 Å². The van der Waals surface area contributed by atoms with Gasteiger partial charge in [0, 0.05) is 16.6 Å². The zero-order valence-electron chi connectivity index (χ0n) is 8.29. The zero-order valence-corrected chi connectivity index (χ0v) is 9.05. The number of rotatable bonds is 2. The van der Waals surface area contributed by atoms with Crippen LogP contribution in [-0.4, -0.2) is 18.5 Å². The first kappa shape index (κ1) is 10.5. The molecule has 0 aromatic heterocycles. The molecule has 3 N–H and O–H groups in total. The van der Waals surface area contributed by atoms with Gasteiger partial charge in [-0.1, -0.05) is 11.6 Å². The molecule has 80 valence electrons. The lowest BCUT2D eigenvalue weighted by atomic mass is 9.94. The van der Waals surface area contributed by atoms with E-state index in [0.29, 0.717) is 11.6 Å². The predicted octanol–water partition coefficient (Wildman–Crippen LogP) is 1.34. The number of hydrogen-bond acceptors (Lipinski definition) is 2. The van der Waals surface area contributed by atoms with E-state index >= 15 is 0 Å². The molecule has 1 aliphatic heterocycles. The van der Waals surface area contributed by atoms with Crippen molar-refractivity contribution in [1.82, 2.24) is 5.32 Å². The van der Waals surface area contributed by atoms with E-state index in [2.05, 4.69) is 5.32 Å². The predicted molar refractivity (Wildman–Crippen MR) is 60.1 cm³/mol. The zero-order chi connectivity index (χ0) is 10.8. The second kappa shape index (κ2) is 4.21. The molecular formula is C11H13ClN2O.